The Bertz CT molecular complexity index is 2140. The zero-order chi connectivity index (χ0) is 43.8. The van der Waals surface area contributed by atoms with E-state index < -0.39 is 29.9 Å². The normalized spacial score (nSPS) is 14.2. The summed E-state index contributed by atoms with van der Waals surface area (Å²) in [5, 5.41) is 27.6. The minimum atomic E-state index is -0.976. The van der Waals surface area contributed by atoms with Crippen molar-refractivity contribution in [1.82, 2.24) is 30.8 Å². The predicted molar refractivity (Wildman–Crippen MR) is 227 cm³/mol. The highest BCUT2D eigenvalue weighted by atomic mass is 35.5. The lowest BCUT2D eigenvalue weighted by atomic mass is 9.80. The second-order valence-electron chi connectivity index (χ2n) is 14.2. The molecule has 0 aliphatic carbocycles. The Hall–Kier alpha value is -5.90. The number of tetrazole rings is 1. The Morgan fingerprint density at radius 2 is 1.63 bits per heavy atom. The van der Waals surface area contributed by atoms with Crippen molar-refractivity contribution in [2.45, 2.75) is 72.4 Å². The van der Waals surface area contributed by atoms with E-state index in [2.05, 4.69) is 25.9 Å². The van der Waals surface area contributed by atoms with Crippen LogP contribution in [0, 0.1) is 5.92 Å². The number of hydrogen-bond donors (Lipinski definition) is 4. The number of benzene rings is 3. The molecule has 0 spiro atoms. The maximum atomic E-state index is 12.9. The van der Waals surface area contributed by atoms with Crippen molar-refractivity contribution >= 4 is 35.4 Å². The van der Waals surface area contributed by atoms with E-state index in [0.717, 1.165) is 35.1 Å². The van der Waals surface area contributed by atoms with Crippen molar-refractivity contribution in [2.75, 3.05) is 33.5 Å². The lowest BCUT2D eigenvalue weighted by Gasteiger charge is -2.32. The number of carboxylic acids is 1. The molecule has 1 amide bonds. The Kier molecular flexibility index (Phi) is 18.0. The molecular formula is C44H54ClN7O8. The first kappa shape index (κ1) is 46.8. The minimum Gasteiger partial charge on any atom is -0.480 e. The minimum absolute atomic E-state index is 0.109. The van der Waals surface area contributed by atoms with E-state index in [1.165, 1.54) is 12.0 Å². The van der Waals surface area contributed by atoms with Gasteiger partial charge < -0.3 is 35.3 Å². The number of nitrogens with two attached hydrogens (primary N) is 1. The van der Waals surface area contributed by atoms with Crippen LogP contribution in [-0.2, 0) is 39.9 Å². The smallest absolute Gasteiger partial charge is 0.336 e. The summed E-state index contributed by atoms with van der Waals surface area (Å²) >= 11 is 6.42. The van der Waals surface area contributed by atoms with Crippen LogP contribution in [0.5, 0.6) is 0 Å². The first-order chi connectivity index (χ1) is 28.9. The van der Waals surface area contributed by atoms with E-state index in [9.17, 15) is 24.3 Å². The zero-order valence-electron chi connectivity index (χ0n) is 34.9. The first-order valence-electron chi connectivity index (χ1n) is 19.8. The van der Waals surface area contributed by atoms with Crippen LogP contribution in [0.15, 0.2) is 95.3 Å². The molecule has 1 unspecified atom stereocenters. The summed E-state index contributed by atoms with van der Waals surface area (Å²) in [5.74, 6) is -2.65. The SMILES string of the molecule is CCCCC(=O)N(Cc1ccc(-c2ccccc2-c2nn[nH]n2)cc1)[C@H](C(=O)O)C(C)C.CCOC(=O)C1=C(COCCN)NC(C)=C(C(=O)OC)C1c1ccccc1Cl. The topological polar surface area (TPSA) is 212 Å². The molecule has 0 saturated carbocycles. The summed E-state index contributed by atoms with van der Waals surface area (Å²) in [7, 11) is 1.29. The van der Waals surface area contributed by atoms with Crippen LogP contribution in [0.25, 0.3) is 22.5 Å². The number of methoxy groups -OCH3 is 1. The summed E-state index contributed by atoms with van der Waals surface area (Å²) in [5.41, 5.74) is 11.4. The average Bonchev–Trinajstić information content (AvgIpc) is 3.78. The molecule has 1 aliphatic heterocycles. The highest BCUT2D eigenvalue weighted by Crippen LogP contribution is 2.42. The number of halogens is 1. The van der Waals surface area contributed by atoms with Gasteiger partial charge in [-0.2, -0.15) is 5.21 Å². The highest BCUT2D eigenvalue weighted by Gasteiger charge is 2.39. The fourth-order valence-electron chi connectivity index (χ4n) is 6.90. The number of allylic oxidation sites excluding steroid dienone is 1. The van der Waals surface area contributed by atoms with Crippen LogP contribution in [0.2, 0.25) is 5.02 Å². The molecule has 0 bridgehead atoms. The molecular weight excluding hydrogens is 790 g/mol. The van der Waals surface area contributed by atoms with E-state index >= 15 is 0 Å². The summed E-state index contributed by atoms with van der Waals surface area (Å²) in [4.78, 5) is 51.8. The van der Waals surface area contributed by atoms with Gasteiger partial charge in [-0.1, -0.05) is 106 Å². The van der Waals surface area contributed by atoms with Gasteiger partial charge in [0.2, 0.25) is 11.7 Å². The van der Waals surface area contributed by atoms with Crippen molar-refractivity contribution in [3.8, 4) is 22.5 Å². The number of aromatic nitrogens is 4. The third-order valence-electron chi connectivity index (χ3n) is 9.69. The van der Waals surface area contributed by atoms with Gasteiger partial charge in [0.15, 0.2) is 0 Å². The summed E-state index contributed by atoms with van der Waals surface area (Å²) < 4.78 is 15.8. The Morgan fingerprint density at radius 3 is 2.22 bits per heavy atom. The number of carbonyl (C=O) groups excluding carboxylic acids is 3. The molecule has 3 aromatic carbocycles. The van der Waals surface area contributed by atoms with E-state index in [-0.39, 0.29) is 37.2 Å². The monoisotopic (exact) mass is 843 g/mol. The third-order valence-corrected chi connectivity index (χ3v) is 10.0. The second-order valence-corrected chi connectivity index (χ2v) is 14.6. The highest BCUT2D eigenvalue weighted by molar-refractivity contribution is 6.31. The van der Waals surface area contributed by atoms with Gasteiger partial charge in [-0.05, 0) is 59.7 Å². The number of aliphatic carboxylic acids is 1. The van der Waals surface area contributed by atoms with Crippen LogP contribution in [0.1, 0.15) is 70.9 Å². The van der Waals surface area contributed by atoms with Crippen LogP contribution >= 0.6 is 11.6 Å². The Balaban J connectivity index is 0.000000267. The molecule has 320 valence electrons. The van der Waals surface area contributed by atoms with Crippen molar-refractivity contribution in [2.24, 2.45) is 11.7 Å². The number of carbonyl (C=O) groups is 4. The summed E-state index contributed by atoms with van der Waals surface area (Å²) in [6.07, 6.45) is 1.97. The van der Waals surface area contributed by atoms with Gasteiger partial charge in [0.1, 0.15) is 6.04 Å². The lowest BCUT2D eigenvalue weighted by molar-refractivity contribution is -0.153. The van der Waals surface area contributed by atoms with Gasteiger partial charge in [0.05, 0.1) is 49.7 Å². The number of hydrogen-bond acceptors (Lipinski definition) is 12. The van der Waals surface area contributed by atoms with E-state index in [0.29, 0.717) is 53.0 Å². The number of dihydropyridines is 1. The van der Waals surface area contributed by atoms with Gasteiger partial charge in [-0.15, -0.1) is 10.2 Å². The first-order valence-corrected chi connectivity index (χ1v) is 20.2. The summed E-state index contributed by atoms with van der Waals surface area (Å²) in [6.45, 7) is 10.3. The van der Waals surface area contributed by atoms with Gasteiger partial charge in [-0.3, -0.25) is 4.79 Å². The molecule has 0 radical (unpaired) electrons. The van der Waals surface area contributed by atoms with Gasteiger partial charge in [-0.25, -0.2) is 14.4 Å². The summed E-state index contributed by atoms with van der Waals surface area (Å²) in [6, 6.07) is 21.8. The Morgan fingerprint density at radius 1 is 0.950 bits per heavy atom. The van der Waals surface area contributed by atoms with Gasteiger partial charge in [0, 0.05) is 35.8 Å². The maximum absolute atomic E-state index is 12.9. The van der Waals surface area contributed by atoms with Crippen LogP contribution in [0.4, 0.5) is 0 Å². The quantitative estimate of drug-likeness (QED) is 0.0629. The molecule has 0 saturated heterocycles. The van der Waals surface area contributed by atoms with Crippen molar-refractivity contribution in [3.63, 3.8) is 0 Å². The van der Waals surface area contributed by atoms with Crippen LogP contribution in [0.3, 0.4) is 0 Å². The number of unbranched alkanes of at least 4 members (excludes halogenated alkanes) is 1. The van der Waals surface area contributed by atoms with Crippen molar-refractivity contribution in [1.29, 1.82) is 0 Å². The number of rotatable bonds is 18. The molecule has 4 aromatic rings. The van der Waals surface area contributed by atoms with E-state index in [1.807, 2.05) is 69.3 Å². The maximum Gasteiger partial charge on any atom is 0.336 e. The zero-order valence-corrected chi connectivity index (χ0v) is 35.6. The molecule has 2 atom stereocenters. The van der Waals surface area contributed by atoms with Crippen molar-refractivity contribution in [3.05, 3.63) is 111 Å². The molecule has 16 heteroatoms. The Labute approximate surface area is 355 Å². The standard InChI is InChI=1S/C24H29N5O3.C20H25ClN2O5/c1-4-5-10-21(30)29(22(16(2)3)24(31)32)15-17-11-13-18(14-12-17)19-8-6-7-9-20(19)23-25-27-28-26-23;1-4-28-20(25)18-15(11-27-10-9-22)23-12(2)16(19(24)26-3)17(18)13-7-5-6-8-14(13)21/h6-9,11-14,16,22H,4-5,10,15H2,1-3H3,(H,31,32)(H,25,26,27,28);5-8,17,23H,4,9-11,22H2,1-3H3/t22-;/m0./s1. The van der Waals surface area contributed by atoms with Gasteiger partial charge >= 0.3 is 17.9 Å². The molecule has 2 heterocycles. The predicted octanol–water partition coefficient (Wildman–Crippen LogP) is 6.43. The van der Waals surface area contributed by atoms with Crippen molar-refractivity contribution < 1.29 is 38.5 Å². The fourth-order valence-corrected chi connectivity index (χ4v) is 7.15. The molecule has 5 rings (SSSR count). The molecule has 5 N–H and O–H groups in total. The number of aromatic amines is 1. The molecule has 0 fully saturated rings. The van der Waals surface area contributed by atoms with Crippen LogP contribution < -0.4 is 11.1 Å². The van der Waals surface area contributed by atoms with E-state index in [4.69, 9.17) is 31.5 Å². The van der Waals surface area contributed by atoms with Crippen LogP contribution in [-0.4, -0.2) is 94.0 Å². The number of carboxylic acid groups (broad SMARTS) is 1. The number of ether oxygens (including phenoxy) is 3. The van der Waals surface area contributed by atoms with Gasteiger partial charge in [0.25, 0.3) is 0 Å². The molecule has 60 heavy (non-hydrogen) atoms. The molecule has 1 aromatic heterocycles. The molecule has 15 nitrogen and oxygen atoms in total. The number of nitrogens with zero attached hydrogens (tertiary/aromatic N) is 4. The average molecular weight is 844 g/mol. The molecule has 1 aliphatic rings. The number of esters is 2. The largest absolute Gasteiger partial charge is 0.480 e. The van der Waals surface area contributed by atoms with E-state index in [1.54, 1.807) is 38.1 Å². The number of nitrogens with one attached hydrogen (secondary N) is 2. The second kappa shape index (κ2) is 23.0. The fraction of sp³-hybridized carbons (Fsp3) is 0.386. The third kappa shape index (κ3) is 11.9. The lowest BCUT2D eigenvalue weighted by Crippen LogP contribution is -2.47. The number of amides is 1. The number of H-pyrrole nitrogens is 1.